The third-order valence-corrected chi connectivity index (χ3v) is 2.43. The quantitative estimate of drug-likeness (QED) is 0.883. The van der Waals surface area contributed by atoms with Crippen molar-refractivity contribution in [3.8, 4) is 0 Å². The van der Waals surface area contributed by atoms with E-state index in [0.717, 1.165) is 0 Å². The number of H-pyrrole nitrogens is 1. The molecule has 100 valence electrons. The number of rotatable bonds is 4. The molecule has 7 heteroatoms. The lowest BCUT2D eigenvalue weighted by atomic mass is 10.2. The van der Waals surface area contributed by atoms with Gasteiger partial charge in [-0.3, -0.25) is 9.78 Å². The first-order valence-corrected chi connectivity index (χ1v) is 5.58. The molecule has 0 aliphatic rings. The molecule has 2 aromatic heterocycles. The molecule has 19 heavy (non-hydrogen) atoms. The highest BCUT2D eigenvalue weighted by atomic mass is 19.3. The number of hydrogen-bond acceptors (Lipinski definition) is 4. The zero-order valence-electron chi connectivity index (χ0n) is 10.2. The summed E-state index contributed by atoms with van der Waals surface area (Å²) in [5.74, 6) is -3.32. The molecule has 2 heterocycles. The van der Waals surface area contributed by atoms with Crippen molar-refractivity contribution < 1.29 is 8.78 Å². The van der Waals surface area contributed by atoms with E-state index in [1.807, 2.05) is 0 Å². The Kier molecular flexibility index (Phi) is 3.55. The first-order valence-electron chi connectivity index (χ1n) is 5.58. The van der Waals surface area contributed by atoms with Gasteiger partial charge in [-0.15, -0.1) is 0 Å². The smallest absolute Gasteiger partial charge is 0.306 e. The number of alkyl halides is 2. The van der Waals surface area contributed by atoms with Crippen LogP contribution in [0.2, 0.25) is 0 Å². The van der Waals surface area contributed by atoms with E-state index in [1.54, 1.807) is 13.0 Å². The predicted octanol–water partition coefficient (Wildman–Crippen LogP) is 1.68. The molecular formula is C12H12F2N4O. The predicted molar refractivity (Wildman–Crippen MR) is 66.2 cm³/mol. The Morgan fingerprint density at radius 1 is 1.37 bits per heavy atom. The van der Waals surface area contributed by atoms with Crippen LogP contribution >= 0.6 is 0 Å². The molecule has 0 saturated carbocycles. The van der Waals surface area contributed by atoms with Crippen molar-refractivity contribution in [3.05, 3.63) is 52.3 Å². The molecule has 0 unspecified atom stereocenters. The topological polar surface area (TPSA) is 70.7 Å². The van der Waals surface area contributed by atoms with E-state index in [2.05, 4.69) is 20.3 Å². The molecule has 2 aromatic rings. The van der Waals surface area contributed by atoms with Gasteiger partial charge in [0.25, 0.3) is 5.56 Å². The third kappa shape index (κ3) is 3.12. The van der Waals surface area contributed by atoms with Crippen LogP contribution in [0.3, 0.4) is 0 Å². The number of aromatic nitrogens is 3. The van der Waals surface area contributed by atoms with Crippen LogP contribution in [0, 0.1) is 6.92 Å². The summed E-state index contributed by atoms with van der Waals surface area (Å²) < 4.78 is 27.6. The number of halogens is 2. The minimum atomic E-state index is -3.18. The van der Waals surface area contributed by atoms with Crippen LogP contribution in [0.1, 0.15) is 11.4 Å². The van der Waals surface area contributed by atoms with Crippen molar-refractivity contribution in [3.63, 3.8) is 0 Å². The van der Waals surface area contributed by atoms with Gasteiger partial charge < -0.3 is 10.3 Å². The van der Waals surface area contributed by atoms with E-state index >= 15 is 0 Å². The molecule has 0 aliphatic heterocycles. The lowest BCUT2D eigenvalue weighted by Gasteiger charge is -2.16. The Morgan fingerprint density at radius 3 is 2.79 bits per heavy atom. The Labute approximate surface area is 107 Å². The van der Waals surface area contributed by atoms with Gasteiger partial charge in [0, 0.05) is 18.1 Å². The van der Waals surface area contributed by atoms with Crippen molar-refractivity contribution in [1.82, 2.24) is 15.0 Å². The molecule has 2 rings (SSSR count). The second-order valence-electron chi connectivity index (χ2n) is 4.02. The first kappa shape index (κ1) is 13.1. The van der Waals surface area contributed by atoms with E-state index in [4.69, 9.17) is 0 Å². The summed E-state index contributed by atoms with van der Waals surface area (Å²) in [6.45, 7) is 0.907. The fourth-order valence-corrected chi connectivity index (χ4v) is 1.48. The highest BCUT2D eigenvalue weighted by Crippen LogP contribution is 2.25. The second kappa shape index (κ2) is 5.13. The van der Waals surface area contributed by atoms with Gasteiger partial charge in [0.1, 0.15) is 5.69 Å². The fraction of sp³-hybridized carbons (Fsp3) is 0.250. The van der Waals surface area contributed by atoms with Gasteiger partial charge in [0.2, 0.25) is 0 Å². The van der Waals surface area contributed by atoms with E-state index in [1.165, 1.54) is 24.5 Å². The summed E-state index contributed by atoms with van der Waals surface area (Å²) in [6.07, 6.45) is 2.68. The number of aryl methyl sites for hydroxylation is 1. The Bertz CT molecular complexity index is 613. The van der Waals surface area contributed by atoms with Gasteiger partial charge in [-0.25, -0.2) is 4.98 Å². The zero-order valence-corrected chi connectivity index (χ0v) is 10.2. The normalized spacial score (nSPS) is 11.3. The number of hydrogen-bond donors (Lipinski definition) is 2. The van der Waals surface area contributed by atoms with Gasteiger partial charge in [-0.1, -0.05) is 6.07 Å². The van der Waals surface area contributed by atoms with Crippen LogP contribution < -0.4 is 10.9 Å². The largest absolute Gasteiger partial charge is 0.359 e. The van der Waals surface area contributed by atoms with Crippen LogP contribution in [0.15, 0.2) is 35.4 Å². The van der Waals surface area contributed by atoms with Crippen molar-refractivity contribution in [2.24, 2.45) is 0 Å². The Hall–Kier alpha value is -2.31. The zero-order chi connectivity index (χ0) is 13.9. The summed E-state index contributed by atoms with van der Waals surface area (Å²) >= 11 is 0. The fourth-order valence-electron chi connectivity index (χ4n) is 1.48. The summed E-state index contributed by atoms with van der Waals surface area (Å²) in [6, 6.07) is 4.26. The van der Waals surface area contributed by atoms with E-state index in [0.29, 0.717) is 5.69 Å². The van der Waals surface area contributed by atoms with Crippen molar-refractivity contribution in [2.45, 2.75) is 12.8 Å². The Balaban J connectivity index is 2.12. The van der Waals surface area contributed by atoms with Crippen LogP contribution in [-0.2, 0) is 5.92 Å². The molecule has 0 fully saturated rings. The van der Waals surface area contributed by atoms with Crippen molar-refractivity contribution in [1.29, 1.82) is 0 Å². The van der Waals surface area contributed by atoms with Crippen molar-refractivity contribution >= 4 is 5.82 Å². The lowest BCUT2D eigenvalue weighted by molar-refractivity contribution is 0.00589. The first-order chi connectivity index (χ1) is 8.99. The Morgan fingerprint density at radius 2 is 2.16 bits per heavy atom. The molecule has 0 bridgehead atoms. The van der Waals surface area contributed by atoms with Gasteiger partial charge in [-0.2, -0.15) is 8.78 Å². The average Bonchev–Trinajstić information content (AvgIpc) is 2.39. The van der Waals surface area contributed by atoms with Gasteiger partial charge in [-0.05, 0) is 19.1 Å². The molecule has 2 N–H and O–H groups in total. The number of anilines is 1. The van der Waals surface area contributed by atoms with Gasteiger partial charge in [0.15, 0.2) is 5.82 Å². The molecule has 0 radical (unpaired) electrons. The summed E-state index contributed by atoms with van der Waals surface area (Å²) in [4.78, 5) is 21.3. The monoisotopic (exact) mass is 266 g/mol. The second-order valence-corrected chi connectivity index (χ2v) is 4.02. The van der Waals surface area contributed by atoms with Crippen LogP contribution in [0.5, 0.6) is 0 Å². The average molecular weight is 266 g/mol. The summed E-state index contributed by atoms with van der Waals surface area (Å²) in [7, 11) is 0. The van der Waals surface area contributed by atoms with Crippen LogP contribution in [0.4, 0.5) is 14.6 Å². The molecule has 0 spiro atoms. The number of pyridine rings is 1. The molecule has 0 aromatic carbocycles. The molecular weight excluding hydrogens is 254 g/mol. The molecule has 0 aliphatic carbocycles. The summed E-state index contributed by atoms with van der Waals surface area (Å²) in [5, 5.41) is 2.33. The van der Waals surface area contributed by atoms with E-state index in [9.17, 15) is 13.6 Å². The highest BCUT2D eigenvalue weighted by molar-refractivity contribution is 5.32. The molecule has 5 nitrogen and oxygen atoms in total. The SMILES string of the molecule is Cc1cnc(NCC(F)(F)c2ccccn2)c(=O)[nH]1. The third-order valence-electron chi connectivity index (χ3n) is 2.43. The van der Waals surface area contributed by atoms with E-state index < -0.39 is 18.0 Å². The maximum Gasteiger partial charge on any atom is 0.306 e. The maximum atomic E-state index is 13.8. The molecule has 0 amide bonds. The number of nitrogens with one attached hydrogen (secondary N) is 2. The van der Waals surface area contributed by atoms with Gasteiger partial charge in [0.05, 0.1) is 6.54 Å². The minimum absolute atomic E-state index is 0.138. The van der Waals surface area contributed by atoms with Crippen LogP contribution in [-0.4, -0.2) is 21.5 Å². The van der Waals surface area contributed by atoms with Crippen LogP contribution in [0.25, 0.3) is 0 Å². The number of aromatic amines is 1. The van der Waals surface area contributed by atoms with Crippen molar-refractivity contribution in [2.75, 3.05) is 11.9 Å². The maximum absolute atomic E-state index is 13.8. The standard InChI is InChI=1S/C12H12F2N4O/c1-8-6-16-10(11(19)18-8)17-7-12(13,14)9-4-2-3-5-15-9/h2-6H,7H2,1H3,(H,16,17)(H,18,19). The lowest BCUT2D eigenvalue weighted by Crippen LogP contribution is -2.28. The van der Waals surface area contributed by atoms with E-state index in [-0.39, 0.29) is 11.5 Å². The molecule has 0 atom stereocenters. The highest BCUT2D eigenvalue weighted by Gasteiger charge is 2.33. The minimum Gasteiger partial charge on any atom is -0.359 e. The molecule has 0 saturated heterocycles. The summed E-state index contributed by atoms with van der Waals surface area (Å²) in [5.41, 5.74) is -0.324. The number of nitrogens with zero attached hydrogens (tertiary/aromatic N) is 2. The van der Waals surface area contributed by atoms with Gasteiger partial charge >= 0.3 is 5.92 Å².